The summed E-state index contributed by atoms with van der Waals surface area (Å²) in [6.07, 6.45) is 2.20. The highest BCUT2D eigenvalue weighted by molar-refractivity contribution is 5.83. The van der Waals surface area contributed by atoms with E-state index in [1.807, 2.05) is 24.4 Å². The Kier molecular flexibility index (Phi) is 4.71. The van der Waals surface area contributed by atoms with Crippen molar-refractivity contribution in [1.82, 2.24) is 9.97 Å². The molecule has 1 aliphatic heterocycles. The quantitative estimate of drug-likeness (QED) is 0.778. The van der Waals surface area contributed by atoms with Gasteiger partial charge in [0.05, 0.1) is 18.2 Å². The molecule has 1 atom stereocenters. The first-order valence-electron chi connectivity index (χ1n) is 9.11. The summed E-state index contributed by atoms with van der Waals surface area (Å²) in [6, 6.07) is 14.5. The van der Waals surface area contributed by atoms with Gasteiger partial charge in [0.1, 0.15) is 11.6 Å². The van der Waals surface area contributed by atoms with Crippen LogP contribution in [0.4, 0.5) is 11.6 Å². The van der Waals surface area contributed by atoms with Crippen molar-refractivity contribution in [1.29, 1.82) is 0 Å². The molecular weight excluding hydrogens is 324 g/mol. The van der Waals surface area contributed by atoms with Gasteiger partial charge in [0.2, 0.25) is 0 Å². The van der Waals surface area contributed by atoms with E-state index < -0.39 is 0 Å². The van der Waals surface area contributed by atoms with E-state index in [1.54, 1.807) is 0 Å². The topological polar surface area (TPSA) is 50.3 Å². The summed E-state index contributed by atoms with van der Waals surface area (Å²) in [6.45, 7) is 7.48. The van der Waals surface area contributed by atoms with Crippen LogP contribution in [0.1, 0.15) is 18.1 Å². The number of fused-ring (bicyclic) bond motifs is 1. The zero-order valence-corrected chi connectivity index (χ0v) is 15.3. The average molecular weight is 348 g/mol. The van der Waals surface area contributed by atoms with Crippen LogP contribution in [0.3, 0.4) is 0 Å². The predicted octanol–water partition coefficient (Wildman–Crippen LogP) is 3.78. The highest BCUT2D eigenvalue weighted by Gasteiger charge is 2.17. The van der Waals surface area contributed by atoms with E-state index in [1.165, 1.54) is 10.9 Å². The molecule has 0 saturated carbocycles. The Morgan fingerprint density at radius 3 is 2.92 bits per heavy atom. The summed E-state index contributed by atoms with van der Waals surface area (Å²) >= 11 is 0. The summed E-state index contributed by atoms with van der Waals surface area (Å²) in [5, 5.41) is 4.61. The predicted molar refractivity (Wildman–Crippen MR) is 106 cm³/mol. The van der Waals surface area contributed by atoms with Gasteiger partial charge in [-0.15, -0.1) is 0 Å². The van der Waals surface area contributed by atoms with Crippen molar-refractivity contribution >= 4 is 22.5 Å². The number of ether oxygens (including phenoxy) is 1. The third-order valence-electron chi connectivity index (χ3n) is 4.77. The molecule has 1 aromatic carbocycles. The molecule has 0 radical (unpaired) electrons. The molecule has 1 N–H and O–H groups in total. The highest BCUT2D eigenvalue weighted by Crippen LogP contribution is 2.20. The molecule has 0 aliphatic carbocycles. The number of hydrogen-bond acceptors (Lipinski definition) is 5. The molecule has 1 fully saturated rings. The lowest BCUT2D eigenvalue weighted by Crippen LogP contribution is -2.41. The summed E-state index contributed by atoms with van der Waals surface area (Å²) in [5.41, 5.74) is 3.39. The van der Waals surface area contributed by atoms with Crippen molar-refractivity contribution in [3.63, 3.8) is 0 Å². The third-order valence-corrected chi connectivity index (χ3v) is 4.77. The average Bonchev–Trinajstić information content (AvgIpc) is 2.67. The van der Waals surface area contributed by atoms with E-state index in [0.29, 0.717) is 6.54 Å². The second kappa shape index (κ2) is 7.30. The molecule has 1 aliphatic rings. The van der Waals surface area contributed by atoms with Crippen LogP contribution in [0, 0.1) is 6.92 Å². The van der Waals surface area contributed by atoms with Crippen molar-refractivity contribution in [2.24, 2.45) is 0 Å². The molecule has 0 amide bonds. The van der Waals surface area contributed by atoms with Gasteiger partial charge >= 0.3 is 0 Å². The van der Waals surface area contributed by atoms with E-state index in [4.69, 9.17) is 9.72 Å². The standard InChI is InChI=1S/C21H24N4O/c1-15-11-20(24-19-6-4-3-5-18(15)19)22-12-17-7-8-21(23-13-17)25-9-10-26-16(2)14-25/h3-8,11,13,16H,9-10,12,14H2,1-2H3,(H,22,24). The molecule has 3 aromatic rings. The SMILES string of the molecule is Cc1cc(NCc2ccc(N3CCOC(C)C3)nc2)nc2ccccc12. The van der Waals surface area contributed by atoms with Crippen LogP contribution in [0.15, 0.2) is 48.7 Å². The normalized spacial score (nSPS) is 17.5. The van der Waals surface area contributed by atoms with Gasteiger partial charge in [0.15, 0.2) is 0 Å². The van der Waals surface area contributed by atoms with Gasteiger partial charge in [-0.2, -0.15) is 0 Å². The second-order valence-electron chi connectivity index (χ2n) is 6.85. The fourth-order valence-electron chi connectivity index (χ4n) is 3.37. The number of pyridine rings is 2. The van der Waals surface area contributed by atoms with Crippen molar-refractivity contribution in [3.05, 3.63) is 59.8 Å². The summed E-state index contributed by atoms with van der Waals surface area (Å²) in [7, 11) is 0. The molecule has 1 unspecified atom stereocenters. The van der Waals surface area contributed by atoms with Gasteiger partial charge < -0.3 is 15.0 Å². The fraction of sp³-hybridized carbons (Fsp3) is 0.333. The fourth-order valence-corrected chi connectivity index (χ4v) is 3.37. The minimum atomic E-state index is 0.258. The van der Waals surface area contributed by atoms with E-state index in [9.17, 15) is 0 Å². The number of nitrogens with zero attached hydrogens (tertiary/aromatic N) is 3. The van der Waals surface area contributed by atoms with Crippen LogP contribution in [-0.2, 0) is 11.3 Å². The largest absolute Gasteiger partial charge is 0.375 e. The Labute approximate surface area is 154 Å². The minimum absolute atomic E-state index is 0.258. The summed E-state index contributed by atoms with van der Waals surface area (Å²) in [5.74, 6) is 1.91. The van der Waals surface area contributed by atoms with Crippen LogP contribution in [0.5, 0.6) is 0 Å². The molecule has 134 valence electrons. The first-order valence-corrected chi connectivity index (χ1v) is 9.11. The Morgan fingerprint density at radius 2 is 2.12 bits per heavy atom. The number of rotatable bonds is 4. The number of nitrogens with one attached hydrogen (secondary N) is 1. The van der Waals surface area contributed by atoms with E-state index >= 15 is 0 Å². The monoisotopic (exact) mass is 348 g/mol. The van der Waals surface area contributed by atoms with Crippen molar-refractivity contribution in [2.75, 3.05) is 29.9 Å². The van der Waals surface area contributed by atoms with Crippen LogP contribution in [-0.4, -0.2) is 35.8 Å². The van der Waals surface area contributed by atoms with Gasteiger partial charge in [-0.05, 0) is 43.2 Å². The third kappa shape index (κ3) is 3.63. The van der Waals surface area contributed by atoms with Crippen LogP contribution in [0.25, 0.3) is 10.9 Å². The maximum Gasteiger partial charge on any atom is 0.128 e. The zero-order valence-electron chi connectivity index (χ0n) is 15.3. The maximum atomic E-state index is 5.59. The number of aryl methyl sites for hydroxylation is 1. The van der Waals surface area contributed by atoms with Crippen LogP contribution >= 0.6 is 0 Å². The van der Waals surface area contributed by atoms with E-state index in [-0.39, 0.29) is 6.10 Å². The Balaban J connectivity index is 1.43. The molecule has 5 nitrogen and oxygen atoms in total. The van der Waals surface area contributed by atoms with Gasteiger partial charge in [0, 0.05) is 31.2 Å². The molecule has 3 heterocycles. The zero-order chi connectivity index (χ0) is 17.9. The molecule has 0 spiro atoms. The number of hydrogen-bond donors (Lipinski definition) is 1. The number of morpholine rings is 1. The summed E-state index contributed by atoms with van der Waals surface area (Å²) in [4.78, 5) is 11.6. The number of benzene rings is 1. The minimum Gasteiger partial charge on any atom is -0.375 e. The Hall–Kier alpha value is -2.66. The molecule has 0 bridgehead atoms. The molecule has 4 rings (SSSR count). The maximum absolute atomic E-state index is 5.59. The van der Waals surface area contributed by atoms with Gasteiger partial charge in [0.25, 0.3) is 0 Å². The molecule has 2 aromatic heterocycles. The first-order chi connectivity index (χ1) is 12.7. The Morgan fingerprint density at radius 1 is 1.23 bits per heavy atom. The number of anilines is 2. The lowest BCUT2D eigenvalue weighted by molar-refractivity contribution is 0.0529. The van der Waals surface area contributed by atoms with Gasteiger partial charge in [-0.3, -0.25) is 0 Å². The smallest absolute Gasteiger partial charge is 0.128 e. The molecule has 1 saturated heterocycles. The lowest BCUT2D eigenvalue weighted by Gasteiger charge is -2.32. The molecular formula is C21H24N4O. The first kappa shape index (κ1) is 16.8. The van der Waals surface area contributed by atoms with Gasteiger partial charge in [-0.1, -0.05) is 24.3 Å². The molecule has 5 heteroatoms. The Bertz CT molecular complexity index is 894. The summed E-state index contributed by atoms with van der Waals surface area (Å²) < 4.78 is 5.59. The van der Waals surface area contributed by atoms with Crippen LogP contribution < -0.4 is 10.2 Å². The highest BCUT2D eigenvalue weighted by atomic mass is 16.5. The van der Waals surface area contributed by atoms with Crippen molar-refractivity contribution in [3.8, 4) is 0 Å². The number of aromatic nitrogens is 2. The lowest BCUT2D eigenvalue weighted by atomic mass is 10.1. The van der Waals surface area contributed by atoms with Gasteiger partial charge in [-0.25, -0.2) is 9.97 Å². The second-order valence-corrected chi connectivity index (χ2v) is 6.85. The number of para-hydroxylation sites is 1. The van der Waals surface area contributed by atoms with Crippen molar-refractivity contribution < 1.29 is 4.74 Å². The van der Waals surface area contributed by atoms with E-state index in [2.05, 4.69) is 53.3 Å². The van der Waals surface area contributed by atoms with Crippen molar-refractivity contribution in [2.45, 2.75) is 26.5 Å². The molecule has 26 heavy (non-hydrogen) atoms. The van der Waals surface area contributed by atoms with Crippen LogP contribution in [0.2, 0.25) is 0 Å². The van der Waals surface area contributed by atoms with E-state index in [0.717, 1.165) is 42.4 Å².